The third-order valence-electron chi connectivity index (χ3n) is 5.40. The predicted octanol–water partition coefficient (Wildman–Crippen LogP) is 6.78. The third-order valence-corrected chi connectivity index (χ3v) is 5.40. The molecule has 38 heavy (non-hydrogen) atoms. The second-order valence-electron chi connectivity index (χ2n) is 8.48. The van der Waals surface area contributed by atoms with Crippen molar-refractivity contribution in [2.75, 3.05) is 6.61 Å². The van der Waals surface area contributed by atoms with E-state index >= 15 is 0 Å². The van der Waals surface area contributed by atoms with Crippen molar-refractivity contribution in [3.63, 3.8) is 0 Å². The molecular formula is C30H29FO7. The lowest BCUT2D eigenvalue weighted by Gasteiger charge is -2.12. The number of halogens is 1. The van der Waals surface area contributed by atoms with Crippen LogP contribution in [0.15, 0.2) is 79.1 Å². The molecular weight excluding hydrogens is 491 g/mol. The summed E-state index contributed by atoms with van der Waals surface area (Å²) in [6.45, 7) is 7.51. The number of hydrogen-bond acceptors (Lipinski definition) is 7. The van der Waals surface area contributed by atoms with E-state index in [2.05, 4.69) is 13.5 Å². The van der Waals surface area contributed by atoms with E-state index in [-0.39, 0.29) is 22.8 Å². The van der Waals surface area contributed by atoms with Gasteiger partial charge < -0.3 is 18.9 Å². The maximum absolute atomic E-state index is 13.3. The molecule has 0 N–H and O–H groups in total. The molecule has 198 valence electrons. The number of rotatable bonds is 12. The first-order valence-corrected chi connectivity index (χ1v) is 12.2. The van der Waals surface area contributed by atoms with Gasteiger partial charge in [0.15, 0.2) is 11.5 Å². The fourth-order valence-electron chi connectivity index (χ4n) is 3.29. The fraction of sp³-hybridized carbons (Fsp3) is 0.233. The minimum absolute atomic E-state index is 0.0110. The lowest BCUT2D eigenvalue weighted by molar-refractivity contribution is -0.131. The van der Waals surface area contributed by atoms with Gasteiger partial charge in [-0.05, 0) is 61.9 Å². The quantitative estimate of drug-likeness (QED) is 0.113. The highest BCUT2D eigenvalue weighted by Gasteiger charge is 2.19. The Hall–Kier alpha value is -4.46. The molecule has 0 heterocycles. The van der Waals surface area contributed by atoms with Crippen LogP contribution in [-0.2, 0) is 4.79 Å². The Bertz CT molecular complexity index is 1280. The summed E-state index contributed by atoms with van der Waals surface area (Å²) in [6, 6.07) is 16.9. The molecule has 0 bridgehead atoms. The lowest BCUT2D eigenvalue weighted by atomic mass is 10.1. The topological polar surface area (TPSA) is 88.1 Å². The summed E-state index contributed by atoms with van der Waals surface area (Å²) in [5.41, 5.74) is 1.48. The first-order valence-electron chi connectivity index (χ1n) is 12.2. The number of carbonyl (C=O) groups excluding carboxylic acids is 3. The maximum atomic E-state index is 13.3. The van der Waals surface area contributed by atoms with Crippen molar-refractivity contribution in [3.8, 4) is 23.0 Å². The van der Waals surface area contributed by atoms with E-state index < -0.39 is 23.7 Å². The summed E-state index contributed by atoms with van der Waals surface area (Å²) >= 11 is 0. The van der Waals surface area contributed by atoms with E-state index in [1.807, 2.05) is 6.92 Å². The molecule has 0 aliphatic carbocycles. The number of carbonyl (C=O) groups is 3. The van der Waals surface area contributed by atoms with Crippen LogP contribution in [0.25, 0.3) is 0 Å². The van der Waals surface area contributed by atoms with Crippen LogP contribution in [0.5, 0.6) is 23.0 Å². The van der Waals surface area contributed by atoms with E-state index in [9.17, 15) is 18.8 Å². The summed E-state index contributed by atoms with van der Waals surface area (Å²) in [5, 5.41) is 0. The lowest BCUT2D eigenvalue weighted by Crippen LogP contribution is -2.13. The number of esters is 3. The van der Waals surface area contributed by atoms with Gasteiger partial charge in [0.1, 0.15) is 11.5 Å². The molecule has 0 aliphatic heterocycles. The van der Waals surface area contributed by atoms with Crippen LogP contribution in [-0.4, -0.2) is 24.5 Å². The zero-order chi connectivity index (χ0) is 27.5. The molecule has 3 aromatic rings. The van der Waals surface area contributed by atoms with Gasteiger partial charge in [-0.2, -0.15) is 4.39 Å². The van der Waals surface area contributed by atoms with E-state index in [1.165, 1.54) is 24.3 Å². The molecule has 7 nitrogen and oxygen atoms in total. The minimum Gasteiger partial charge on any atom is -0.494 e. The van der Waals surface area contributed by atoms with Crippen LogP contribution in [0, 0.1) is 6.92 Å². The molecule has 0 radical (unpaired) electrons. The van der Waals surface area contributed by atoms with Gasteiger partial charge in [-0.1, -0.05) is 50.5 Å². The molecule has 0 fully saturated rings. The van der Waals surface area contributed by atoms with Gasteiger partial charge in [0, 0.05) is 6.07 Å². The average Bonchev–Trinajstić information content (AvgIpc) is 2.90. The molecule has 0 spiro atoms. The summed E-state index contributed by atoms with van der Waals surface area (Å²) in [4.78, 5) is 37.0. The second-order valence-corrected chi connectivity index (χ2v) is 8.48. The Morgan fingerprint density at radius 2 is 1.34 bits per heavy atom. The van der Waals surface area contributed by atoms with Crippen molar-refractivity contribution in [1.82, 2.24) is 0 Å². The number of benzene rings is 3. The fourth-order valence-corrected chi connectivity index (χ4v) is 3.29. The highest BCUT2D eigenvalue weighted by atomic mass is 19.1. The van der Waals surface area contributed by atoms with Crippen LogP contribution in [0.3, 0.4) is 0 Å². The summed E-state index contributed by atoms with van der Waals surface area (Å²) in [6.07, 6.45) is 4.33. The van der Waals surface area contributed by atoms with Gasteiger partial charge in [0.05, 0.1) is 17.7 Å². The molecule has 8 heteroatoms. The highest BCUT2D eigenvalue weighted by molar-refractivity contribution is 5.93. The number of hydrogen-bond donors (Lipinski definition) is 0. The molecule has 0 aliphatic rings. The largest absolute Gasteiger partial charge is 0.494 e. The van der Waals surface area contributed by atoms with Gasteiger partial charge in [0.2, 0.25) is 5.83 Å². The van der Waals surface area contributed by atoms with Gasteiger partial charge in [-0.25, -0.2) is 14.4 Å². The molecule has 3 rings (SSSR count). The first kappa shape index (κ1) is 28.1. The zero-order valence-electron chi connectivity index (χ0n) is 21.3. The predicted molar refractivity (Wildman–Crippen MR) is 139 cm³/mol. The molecule has 3 aromatic carbocycles. The van der Waals surface area contributed by atoms with Crippen LogP contribution in [0.1, 0.15) is 58.9 Å². The van der Waals surface area contributed by atoms with Crippen molar-refractivity contribution in [2.24, 2.45) is 0 Å². The Morgan fingerprint density at radius 3 is 1.97 bits per heavy atom. The average molecular weight is 521 g/mol. The zero-order valence-corrected chi connectivity index (χ0v) is 21.3. The Labute approximate surface area is 220 Å². The van der Waals surface area contributed by atoms with Crippen molar-refractivity contribution in [1.29, 1.82) is 0 Å². The van der Waals surface area contributed by atoms with Gasteiger partial charge >= 0.3 is 17.9 Å². The van der Waals surface area contributed by atoms with Crippen LogP contribution >= 0.6 is 0 Å². The third kappa shape index (κ3) is 8.30. The van der Waals surface area contributed by atoms with Gasteiger partial charge in [-0.15, -0.1) is 0 Å². The monoisotopic (exact) mass is 520 g/mol. The maximum Gasteiger partial charge on any atom is 0.372 e. The first-order chi connectivity index (χ1) is 18.3. The van der Waals surface area contributed by atoms with Crippen molar-refractivity contribution in [3.05, 3.63) is 95.8 Å². The van der Waals surface area contributed by atoms with E-state index in [1.54, 1.807) is 36.4 Å². The highest BCUT2D eigenvalue weighted by Crippen LogP contribution is 2.33. The molecule has 0 amide bonds. The van der Waals surface area contributed by atoms with E-state index in [0.29, 0.717) is 17.9 Å². The summed E-state index contributed by atoms with van der Waals surface area (Å²) in [5.74, 6) is -4.05. The Kier molecular flexibility index (Phi) is 10.2. The Balaban J connectivity index is 1.72. The normalized spacial score (nSPS) is 10.4. The summed E-state index contributed by atoms with van der Waals surface area (Å²) < 4.78 is 34.7. The minimum atomic E-state index is -1.38. The van der Waals surface area contributed by atoms with E-state index in [0.717, 1.165) is 37.3 Å². The molecule has 0 atom stereocenters. The second kappa shape index (κ2) is 13.7. The number of unbranched alkanes of at least 4 members (excludes halogenated alkanes) is 3. The van der Waals surface area contributed by atoms with Crippen LogP contribution in [0.2, 0.25) is 0 Å². The van der Waals surface area contributed by atoms with Gasteiger partial charge in [-0.3, -0.25) is 0 Å². The van der Waals surface area contributed by atoms with Crippen LogP contribution < -0.4 is 18.9 Å². The standard InChI is InChI=1S/C30H29FO7/c1-4-5-6-7-18-35-24-14-12-23(13-15-24)30(34)37-26-17-16-25(19-27(26)38-28(32)21(3)31)36-29(33)22-10-8-20(2)9-11-22/h8-17,19H,3-7,18H2,1-2H3. The smallest absolute Gasteiger partial charge is 0.372 e. The van der Waals surface area contributed by atoms with Crippen molar-refractivity contribution < 1.29 is 37.7 Å². The molecule has 0 unspecified atom stereocenters. The molecule has 0 saturated heterocycles. The molecule has 0 saturated carbocycles. The SMILES string of the molecule is C=C(F)C(=O)Oc1cc(OC(=O)c2ccc(C)cc2)ccc1OC(=O)c1ccc(OCCCCCC)cc1. The van der Waals surface area contributed by atoms with E-state index in [4.69, 9.17) is 18.9 Å². The number of aryl methyl sites for hydroxylation is 1. The van der Waals surface area contributed by atoms with Crippen LogP contribution in [0.4, 0.5) is 4.39 Å². The number of ether oxygens (including phenoxy) is 4. The van der Waals surface area contributed by atoms with Crippen molar-refractivity contribution in [2.45, 2.75) is 39.5 Å². The molecule has 0 aromatic heterocycles. The van der Waals surface area contributed by atoms with Gasteiger partial charge in [0.25, 0.3) is 0 Å². The Morgan fingerprint density at radius 1 is 0.737 bits per heavy atom. The van der Waals surface area contributed by atoms with Crippen molar-refractivity contribution >= 4 is 17.9 Å². The summed E-state index contributed by atoms with van der Waals surface area (Å²) in [7, 11) is 0.